The predicted octanol–water partition coefficient (Wildman–Crippen LogP) is 1.73. The minimum atomic E-state index is -4.12. The first-order chi connectivity index (χ1) is 9.24. The predicted molar refractivity (Wildman–Crippen MR) is 70.5 cm³/mol. The van der Waals surface area contributed by atoms with Crippen LogP contribution in [0.2, 0.25) is 0 Å². The lowest BCUT2D eigenvalue weighted by molar-refractivity contribution is 0.0199. The molecule has 0 aromatic heterocycles. The Morgan fingerprint density at radius 2 is 2.05 bits per heavy atom. The van der Waals surface area contributed by atoms with Crippen LogP contribution in [-0.4, -0.2) is 34.6 Å². The van der Waals surface area contributed by atoms with Gasteiger partial charge in [-0.25, -0.2) is 26.3 Å². The molecule has 0 spiro atoms. The Kier molecular flexibility index (Phi) is 6.24. The van der Waals surface area contributed by atoms with Crippen molar-refractivity contribution in [2.24, 2.45) is 0 Å². The number of anilines is 1. The Morgan fingerprint density at radius 1 is 1.40 bits per heavy atom. The van der Waals surface area contributed by atoms with E-state index in [4.69, 9.17) is 5.73 Å². The number of ether oxygens (including phenoxy) is 1. The van der Waals surface area contributed by atoms with Crippen LogP contribution >= 0.6 is 15.9 Å². The van der Waals surface area contributed by atoms with E-state index in [9.17, 15) is 21.6 Å². The van der Waals surface area contributed by atoms with Crippen LogP contribution in [0.15, 0.2) is 21.5 Å². The standard InChI is InChI=1S/C10H12BrF3N2O3S/c11-6-3-7(12)9(4-8(6)15)20(17,18)16-1-2-19-5-10(13)14/h3-4,10,16H,1-2,5,15H2. The van der Waals surface area contributed by atoms with Gasteiger partial charge in [-0.15, -0.1) is 0 Å². The lowest BCUT2D eigenvalue weighted by atomic mass is 10.3. The first-order valence-corrected chi connectivity index (χ1v) is 7.61. The molecule has 0 unspecified atom stereocenters. The molecule has 0 aliphatic heterocycles. The van der Waals surface area contributed by atoms with E-state index in [0.717, 1.165) is 12.1 Å². The Hall–Kier alpha value is -0.840. The quantitative estimate of drug-likeness (QED) is 0.560. The van der Waals surface area contributed by atoms with Crippen LogP contribution in [0.1, 0.15) is 0 Å². The molecule has 0 aliphatic rings. The molecule has 1 aromatic carbocycles. The lowest BCUT2D eigenvalue weighted by Gasteiger charge is -2.09. The van der Waals surface area contributed by atoms with Gasteiger partial charge in [-0.05, 0) is 28.1 Å². The summed E-state index contributed by atoms with van der Waals surface area (Å²) in [6.07, 6.45) is -2.63. The number of hydrogen-bond donors (Lipinski definition) is 2. The smallest absolute Gasteiger partial charge is 0.261 e. The van der Waals surface area contributed by atoms with Gasteiger partial charge in [-0.3, -0.25) is 0 Å². The van der Waals surface area contributed by atoms with Crippen LogP contribution in [-0.2, 0) is 14.8 Å². The number of nitrogens with one attached hydrogen (secondary N) is 1. The Balaban J connectivity index is 2.68. The zero-order valence-corrected chi connectivity index (χ0v) is 12.5. The van der Waals surface area contributed by atoms with Crippen LogP contribution < -0.4 is 10.5 Å². The third kappa shape index (κ3) is 4.93. The van der Waals surface area contributed by atoms with Crippen LogP contribution in [0.4, 0.5) is 18.9 Å². The molecule has 0 heterocycles. The molecule has 0 saturated heterocycles. The lowest BCUT2D eigenvalue weighted by Crippen LogP contribution is -2.28. The molecule has 1 aromatic rings. The summed E-state index contributed by atoms with van der Waals surface area (Å²) >= 11 is 2.96. The summed E-state index contributed by atoms with van der Waals surface area (Å²) in [6, 6.07) is 1.89. The van der Waals surface area contributed by atoms with Crippen LogP contribution in [0.5, 0.6) is 0 Å². The molecule has 20 heavy (non-hydrogen) atoms. The highest BCUT2D eigenvalue weighted by Gasteiger charge is 2.20. The molecule has 0 radical (unpaired) electrons. The molecule has 0 aliphatic carbocycles. The maximum Gasteiger partial charge on any atom is 0.261 e. The van der Waals surface area contributed by atoms with Crippen molar-refractivity contribution in [3.8, 4) is 0 Å². The van der Waals surface area contributed by atoms with E-state index in [-0.39, 0.29) is 23.3 Å². The first-order valence-electron chi connectivity index (χ1n) is 5.34. The van der Waals surface area contributed by atoms with Gasteiger partial charge in [-0.1, -0.05) is 0 Å². The minimum Gasteiger partial charge on any atom is -0.398 e. The fourth-order valence-corrected chi connectivity index (χ4v) is 2.67. The fraction of sp³-hybridized carbons (Fsp3) is 0.400. The Bertz CT molecular complexity index is 569. The normalized spacial score (nSPS) is 12.1. The maximum atomic E-state index is 13.6. The number of nitrogen functional groups attached to an aromatic ring is 1. The van der Waals surface area contributed by atoms with Crippen molar-refractivity contribution < 1.29 is 26.3 Å². The summed E-state index contributed by atoms with van der Waals surface area (Å²) in [7, 11) is -4.12. The van der Waals surface area contributed by atoms with Crippen molar-refractivity contribution in [3.63, 3.8) is 0 Å². The van der Waals surface area contributed by atoms with Gasteiger partial charge >= 0.3 is 0 Å². The molecule has 5 nitrogen and oxygen atoms in total. The molecule has 1 rings (SSSR count). The van der Waals surface area contributed by atoms with Crippen LogP contribution in [0.25, 0.3) is 0 Å². The fourth-order valence-electron chi connectivity index (χ4n) is 1.25. The van der Waals surface area contributed by atoms with E-state index in [1.54, 1.807) is 0 Å². The highest BCUT2D eigenvalue weighted by molar-refractivity contribution is 9.10. The molecule has 0 bridgehead atoms. The molecule has 10 heteroatoms. The Labute approximate surface area is 122 Å². The number of halogens is 4. The van der Waals surface area contributed by atoms with E-state index >= 15 is 0 Å². The number of alkyl halides is 2. The second-order valence-corrected chi connectivity index (χ2v) is 6.26. The van der Waals surface area contributed by atoms with Crippen molar-refractivity contribution in [1.29, 1.82) is 0 Å². The first kappa shape index (κ1) is 17.2. The van der Waals surface area contributed by atoms with Gasteiger partial charge in [0.05, 0.1) is 6.61 Å². The Morgan fingerprint density at radius 3 is 2.65 bits per heavy atom. The number of sulfonamides is 1. The summed E-state index contributed by atoms with van der Waals surface area (Å²) in [4.78, 5) is -0.618. The van der Waals surface area contributed by atoms with Gasteiger partial charge in [-0.2, -0.15) is 0 Å². The molecule has 0 amide bonds. The summed E-state index contributed by atoms with van der Waals surface area (Å²) in [5, 5.41) is 0. The van der Waals surface area contributed by atoms with Crippen molar-refractivity contribution in [2.45, 2.75) is 11.3 Å². The van der Waals surface area contributed by atoms with E-state index in [1.165, 1.54) is 0 Å². The zero-order chi connectivity index (χ0) is 15.3. The largest absolute Gasteiger partial charge is 0.398 e. The molecule has 3 N–H and O–H groups in total. The highest BCUT2D eigenvalue weighted by Crippen LogP contribution is 2.25. The monoisotopic (exact) mass is 376 g/mol. The summed E-state index contributed by atoms with van der Waals surface area (Å²) in [5.41, 5.74) is 5.54. The molecular formula is C10H12BrF3N2O3S. The minimum absolute atomic E-state index is 0.0562. The number of hydrogen-bond acceptors (Lipinski definition) is 4. The van der Waals surface area contributed by atoms with Crippen LogP contribution in [0, 0.1) is 5.82 Å². The van der Waals surface area contributed by atoms with Crippen molar-refractivity contribution >= 4 is 31.6 Å². The van der Waals surface area contributed by atoms with Crippen LogP contribution in [0.3, 0.4) is 0 Å². The topological polar surface area (TPSA) is 81.4 Å². The second-order valence-electron chi connectivity index (χ2n) is 3.67. The van der Waals surface area contributed by atoms with E-state index in [2.05, 4.69) is 20.7 Å². The number of benzene rings is 1. The van der Waals surface area contributed by atoms with Gasteiger partial charge < -0.3 is 10.5 Å². The summed E-state index contributed by atoms with van der Waals surface area (Å²) in [5.74, 6) is -0.980. The second kappa shape index (κ2) is 7.25. The van der Waals surface area contributed by atoms with E-state index in [0.29, 0.717) is 0 Å². The third-order valence-electron chi connectivity index (χ3n) is 2.12. The van der Waals surface area contributed by atoms with E-state index in [1.807, 2.05) is 4.72 Å². The van der Waals surface area contributed by atoms with E-state index < -0.39 is 33.8 Å². The summed E-state index contributed by atoms with van der Waals surface area (Å²) < 4.78 is 67.4. The molecule has 0 fully saturated rings. The zero-order valence-electron chi connectivity index (χ0n) is 10.1. The van der Waals surface area contributed by atoms with Crippen molar-refractivity contribution in [2.75, 3.05) is 25.5 Å². The van der Waals surface area contributed by atoms with Gasteiger partial charge in [0.25, 0.3) is 6.43 Å². The van der Waals surface area contributed by atoms with Gasteiger partial charge in [0.2, 0.25) is 10.0 Å². The van der Waals surface area contributed by atoms with Crippen molar-refractivity contribution in [3.05, 3.63) is 22.4 Å². The molecule has 0 atom stereocenters. The van der Waals surface area contributed by atoms with Gasteiger partial charge in [0.15, 0.2) is 0 Å². The SMILES string of the molecule is Nc1cc(S(=O)(=O)NCCOCC(F)F)c(F)cc1Br. The maximum absolute atomic E-state index is 13.6. The molecular weight excluding hydrogens is 365 g/mol. The van der Waals surface area contributed by atoms with Gasteiger partial charge in [0, 0.05) is 16.7 Å². The average Bonchev–Trinajstić information content (AvgIpc) is 2.32. The third-order valence-corrected chi connectivity index (χ3v) is 4.29. The number of nitrogens with two attached hydrogens (primary N) is 1. The number of rotatable bonds is 7. The summed E-state index contributed by atoms with van der Waals surface area (Å²) in [6.45, 7) is -1.30. The molecule has 0 saturated carbocycles. The average molecular weight is 377 g/mol. The highest BCUT2D eigenvalue weighted by atomic mass is 79.9. The van der Waals surface area contributed by atoms with Crippen molar-refractivity contribution in [1.82, 2.24) is 4.72 Å². The molecule has 114 valence electrons. The van der Waals surface area contributed by atoms with Gasteiger partial charge in [0.1, 0.15) is 17.3 Å².